The van der Waals surface area contributed by atoms with Gasteiger partial charge in [0.05, 0.1) is 6.20 Å². The second-order valence-corrected chi connectivity index (χ2v) is 4.83. The van der Waals surface area contributed by atoms with Crippen molar-refractivity contribution in [2.45, 2.75) is 33.4 Å². The van der Waals surface area contributed by atoms with Crippen LogP contribution in [0, 0.1) is 18.6 Å². The first-order valence-electron chi connectivity index (χ1n) is 6.20. The predicted octanol–water partition coefficient (Wildman–Crippen LogP) is 3.66. The number of anilines is 1. The molecule has 2 rings (SSSR count). The van der Waals surface area contributed by atoms with Crippen LogP contribution in [-0.4, -0.2) is 9.78 Å². The fourth-order valence-corrected chi connectivity index (χ4v) is 1.76. The van der Waals surface area contributed by atoms with Crippen LogP contribution in [0.25, 0.3) is 0 Å². The Hall–Kier alpha value is -1.91. The largest absolute Gasteiger partial charge is 0.376 e. The number of halogens is 2. The molecule has 0 atom stereocenters. The number of nitrogens with zero attached hydrogens (tertiary/aromatic N) is 2. The lowest BCUT2D eigenvalue weighted by Crippen LogP contribution is -2.05. The third-order valence-electron chi connectivity index (χ3n) is 2.94. The van der Waals surface area contributed by atoms with Gasteiger partial charge in [0.15, 0.2) is 5.82 Å². The Morgan fingerprint density at radius 2 is 2.05 bits per heavy atom. The van der Waals surface area contributed by atoms with E-state index in [1.54, 1.807) is 17.8 Å². The molecular formula is C14H17F2N3. The van der Waals surface area contributed by atoms with Crippen molar-refractivity contribution < 1.29 is 8.78 Å². The molecule has 0 bridgehead atoms. The third-order valence-corrected chi connectivity index (χ3v) is 2.94. The van der Waals surface area contributed by atoms with E-state index in [9.17, 15) is 8.78 Å². The zero-order valence-electron chi connectivity index (χ0n) is 11.2. The first-order chi connectivity index (χ1) is 8.99. The zero-order chi connectivity index (χ0) is 14.0. The molecule has 0 aliphatic rings. The molecule has 0 saturated heterocycles. The van der Waals surface area contributed by atoms with Gasteiger partial charge in [-0.25, -0.2) is 8.78 Å². The molecule has 1 aromatic carbocycles. The van der Waals surface area contributed by atoms with Crippen LogP contribution in [0.15, 0.2) is 24.5 Å². The molecule has 0 amide bonds. The number of aromatic nitrogens is 2. The summed E-state index contributed by atoms with van der Waals surface area (Å²) in [5, 5.41) is 6.97. The SMILES string of the molecule is Cc1ccc(F)c(NCc2cnn(C(C)C)c2)c1F. The van der Waals surface area contributed by atoms with E-state index in [0.717, 1.165) is 5.56 Å². The fraction of sp³-hybridized carbons (Fsp3) is 0.357. The summed E-state index contributed by atoms with van der Waals surface area (Å²) >= 11 is 0. The molecule has 2 aromatic rings. The maximum atomic E-state index is 13.8. The minimum absolute atomic E-state index is 0.0858. The van der Waals surface area contributed by atoms with Crippen LogP contribution < -0.4 is 5.32 Å². The van der Waals surface area contributed by atoms with Gasteiger partial charge in [-0.1, -0.05) is 6.07 Å². The quantitative estimate of drug-likeness (QED) is 0.914. The van der Waals surface area contributed by atoms with Crippen LogP contribution in [0.3, 0.4) is 0 Å². The monoisotopic (exact) mass is 265 g/mol. The van der Waals surface area contributed by atoms with Crippen LogP contribution in [0.2, 0.25) is 0 Å². The second-order valence-electron chi connectivity index (χ2n) is 4.83. The van der Waals surface area contributed by atoms with Crippen molar-refractivity contribution >= 4 is 5.69 Å². The molecule has 19 heavy (non-hydrogen) atoms. The van der Waals surface area contributed by atoms with Crippen molar-refractivity contribution in [2.75, 3.05) is 5.32 Å². The summed E-state index contributed by atoms with van der Waals surface area (Å²) in [5.74, 6) is -1.13. The molecule has 5 heteroatoms. The highest BCUT2D eigenvalue weighted by atomic mass is 19.1. The summed E-state index contributed by atoms with van der Waals surface area (Å²) in [7, 11) is 0. The van der Waals surface area contributed by atoms with Crippen molar-refractivity contribution in [2.24, 2.45) is 0 Å². The highest BCUT2D eigenvalue weighted by Gasteiger charge is 2.11. The highest BCUT2D eigenvalue weighted by molar-refractivity contribution is 5.49. The van der Waals surface area contributed by atoms with E-state index < -0.39 is 11.6 Å². The molecule has 0 spiro atoms. The summed E-state index contributed by atoms with van der Waals surface area (Å²) < 4.78 is 29.1. The van der Waals surface area contributed by atoms with Crippen molar-refractivity contribution in [1.29, 1.82) is 0 Å². The predicted molar refractivity (Wildman–Crippen MR) is 71.0 cm³/mol. The Morgan fingerprint density at radius 1 is 1.32 bits per heavy atom. The van der Waals surface area contributed by atoms with Crippen molar-refractivity contribution in [1.82, 2.24) is 9.78 Å². The van der Waals surface area contributed by atoms with Crippen molar-refractivity contribution in [3.63, 3.8) is 0 Å². The Balaban J connectivity index is 2.12. The molecule has 0 fully saturated rings. The van der Waals surface area contributed by atoms with Crippen LogP contribution in [-0.2, 0) is 6.54 Å². The topological polar surface area (TPSA) is 29.9 Å². The number of hydrogen-bond acceptors (Lipinski definition) is 2. The lowest BCUT2D eigenvalue weighted by Gasteiger charge is -2.09. The second kappa shape index (κ2) is 5.38. The number of benzene rings is 1. The lowest BCUT2D eigenvalue weighted by molar-refractivity contribution is 0.532. The van der Waals surface area contributed by atoms with Crippen LogP contribution in [0.4, 0.5) is 14.5 Å². The fourth-order valence-electron chi connectivity index (χ4n) is 1.76. The standard InChI is InChI=1S/C14H17F2N3/c1-9(2)19-8-11(7-18-19)6-17-14-12(15)5-4-10(3)13(14)16/h4-5,7-9,17H,6H2,1-3H3. The van der Waals surface area contributed by atoms with Gasteiger partial charge in [0.2, 0.25) is 0 Å². The molecule has 1 heterocycles. The van der Waals surface area contributed by atoms with Crippen LogP contribution in [0.1, 0.15) is 31.0 Å². The van der Waals surface area contributed by atoms with E-state index in [-0.39, 0.29) is 11.7 Å². The van der Waals surface area contributed by atoms with Gasteiger partial charge in [-0.3, -0.25) is 4.68 Å². The van der Waals surface area contributed by atoms with Gasteiger partial charge in [-0.2, -0.15) is 5.10 Å². The summed E-state index contributed by atoms with van der Waals surface area (Å²) in [4.78, 5) is 0. The minimum Gasteiger partial charge on any atom is -0.376 e. The average molecular weight is 265 g/mol. The van der Waals surface area contributed by atoms with E-state index in [0.29, 0.717) is 12.1 Å². The molecule has 0 aliphatic heterocycles. The third kappa shape index (κ3) is 2.92. The van der Waals surface area contributed by atoms with E-state index in [2.05, 4.69) is 10.4 Å². The summed E-state index contributed by atoms with van der Waals surface area (Å²) in [6, 6.07) is 2.95. The maximum Gasteiger partial charge on any atom is 0.152 e. The number of nitrogens with one attached hydrogen (secondary N) is 1. The molecular weight excluding hydrogens is 248 g/mol. The van der Waals surface area contributed by atoms with E-state index in [1.807, 2.05) is 20.0 Å². The van der Waals surface area contributed by atoms with Crippen LogP contribution >= 0.6 is 0 Å². The molecule has 0 unspecified atom stereocenters. The molecule has 0 aliphatic carbocycles. The van der Waals surface area contributed by atoms with Gasteiger partial charge < -0.3 is 5.32 Å². The van der Waals surface area contributed by atoms with E-state index >= 15 is 0 Å². The Morgan fingerprint density at radius 3 is 2.68 bits per heavy atom. The first kappa shape index (κ1) is 13.5. The van der Waals surface area contributed by atoms with Gasteiger partial charge in [0.25, 0.3) is 0 Å². The van der Waals surface area contributed by atoms with Crippen molar-refractivity contribution in [3.05, 3.63) is 47.3 Å². The minimum atomic E-state index is -0.584. The molecule has 1 aromatic heterocycles. The van der Waals surface area contributed by atoms with Crippen molar-refractivity contribution in [3.8, 4) is 0 Å². The molecule has 0 radical (unpaired) electrons. The summed E-state index contributed by atoms with van der Waals surface area (Å²) in [6.45, 7) is 5.98. The Labute approximate surface area is 111 Å². The summed E-state index contributed by atoms with van der Waals surface area (Å²) in [6.07, 6.45) is 3.56. The molecule has 3 nitrogen and oxygen atoms in total. The number of rotatable bonds is 4. The van der Waals surface area contributed by atoms with E-state index in [1.165, 1.54) is 12.1 Å². The Kier molecular flexibility index (Phi) is 3.83. The number of aryl methyl sites for hydroxylation is 1. The normalized spacial score (nSPS) is 11.1. The molecule has 1 N–H and O–H groups in total. The molecule has 0 saturated carbocycles. The van der Waals surface area contributed by atoms with Gasteiger partial charge in [0, 0.05) is 24.3 Å². The average Bonchev–Trinajstić information content (AvgIpc) is 2.83. The molecule has 102 valence electrons. The first-order valence-corrected chi connectivity index (χ1v) is 6.20. The van der Waals surface area contributed by atoms with E-state index in [4.69, 9.17) is 0 Å². The smallest absolute Gasteiger partial charge is 0.152 e. The van der Waals surface area contributed by atoms with Crippen LogP contribution in [0.5, 0.6) is 0 Å². The summed E-state index contributed by atoms with van der Waals surface area (Å²) in [5.41, 5.74) is 1.22. The highest BCUT2D eigenvalue weighted by Crippen LogP contribution is 2.22. The van der Waals surface area contributed by atoms with Gasteiger partial charge in [-0.05, 0) is 32.4 Å². The number of hydrogen-bond donors (Lipinski definition) is 1. The van der Waals surface area contributed by atoms with Gasteiger partial charge in [0.1, 0.15) is 11.5 Å². The Bertz CT molecular complexity index is 576. The van der Waals surface area contributed by atoms with Gasteiger partial charge >= 0.3 is 0 Å². The maximum absolute atomic E-state index is 13.8. The van der Waals surface area contributed by atoms with Gasteiger partial charge in [-0.15, -0.1) is 0 Å². The zero-order valence-corrected chi connectivity index (χ0v) is 11.2. The lowest BCUT2D eigenvalue weighted by atomic mass is 10.2.